The van der Waals surface area contributed by atoms with E-state index in [0.29, 0.717) is 38.0 Å². The minimum absolute atomic E-state index is 0.237. The van der Waals surface area contributed by atoms with Crippen molar-refractivity contribution >= 4 is 57.9 Å². The van der Waals surface area contributed by atoms with E-state index in [1.54, 1.807) is 43.5 Å². The van der Waals surface area contributed by atoms with Crippen LogP contribution in [-0.4, -0.2) is 22.3 Å². The quantitative estimate of drug-likeness (QED) is 0.607. The van der Waals surface area contributed by atoms with Crippen molar-refractivity contribution in [3.05, 3.63) is 57.7 Å². The topological polar surface area (TPSA) is 72.0 Å². The van der Waals surface area contributed by atoms with Gasteiger partial charge in [0.1, 0.15) is 5.75 Å². The normalized spacial score (nSPS) is 10.4. The highest BCUT2D eigenvalue weighted by atomic mass is 35.5. The van der Waals surface area contributed by atoms with Gasteiger partial charge in [-0.15, -0.1) is 5.10 Å². The number of hydrogen-bond acceptors (Lipinski definition) is 6. The predicted octanol–water partition coefficient (Wildman–Crippen LogP) is 5.33. The Balaban J connectivity index is 1.86. The molecule has 0 aliphatic carbocycles. The van der Waals surface area contributed by atoms with Gasteiger partial charge in [-0.2, -0.15) is 10.1 Å². The Morgan fingerprint density at radius 2 is 1.76 bits per heavy atom. The Morgan fingerprint density at radius 1 is 1.00 bits per heavy atom. The van der Waals surface area contributed by atoms with Gasteiger partial charge in [0.25, 0.3) is 0 Å². The molecule has 1 aromatic heterocycles. The summed E-state index contributed by atoms with van der Waals surface area (Å²) in [5.41, 5.74) is 1.15. The minimum atomic E-state index is 0.237. The maximum absolute atomic E-state index is 6.14. The second-order valence-corrected chi connectivity index (χ2v) is 6.11. The molecule has 128 valence electrons. The zero-order valence-corrected chi connectivity index (χ0v) is 15.2. The molecular formula is C16H12Cl3N5O. The van der Waals surface area contributed by atoms with Gasteiger partial charge in [0.05, 0.1) is 34.7 Å². The fraction of sp³-hybridized carbons (Fsp3) is 0.0625. The maximum Gasteiger partial charge on any atom is 0.249 e. The highest BCUT2D eigenvalue weighted by Crippen LogP contribution is 2.32. The van der Waals surface area contributed by atoms with Crippen LogP contribution in [0.5, 0.6) is 5.75 Å². The van der Waals surface area contributed by atoms with Crippen molar-refractivity contribution in [3.8, 4) is 5.75 Å². The number of nitrogens with zero attached hydrogens (tertiary/aromatic N) is 3. The van der Waals surface area contributed by atoms with Gasteiger partial charge < -0.3 is 15.4 Å². The van der Waals surface area contributed by atoms with Crippen LogP contribution in [0.2, 0.25) is 15.1 Å². The van der Waals surface area contributed by atoms with Gasteiger partial charge in [0.2, 0.25) is 5.95 Å². The van der Waals surface area contributed by atoms with Gasteiger partial charge in [-0.3, -0.25) is 0 Å². The van der Waals surface area contributed by atoms with E-state index in [4.69, 9.17) is 39.5 Å². The molecule has 25 heavy (non-hydrogen) atoms. The molecule has 0 unspecified atom stereocenters. The van der Waals surface area contributed by atoms with E-state index in [2.05, 4.69) is 25.8 Å². The minimum Gasteiger partial charge on any atom is -0.495 e. The number of methoxy groups -OCH3 is 1. The van der Waals surface area contributed by atoms with Gasteiger partial charge in [-0.25, -0.2) is 0 Å². The monoisotopic (exact) mass is 395 g/mol. The Labute approximate surface area is 159 Å². The molecule has 0 atom stereocenters. The fourth-order valence-electron chi connectivity index (χ4n) is 2.06. The number of rotatable bonds is 5. The Bertz CT molecular complexity index is 886. The number of anilines is 4. The molecule has 3 aromatic rings. The van der Waals surface area contributed by atoms with E-state index in [9.17, 15) is 0 Å². The third-order valence-electron chi connectivity index (χ3n) is 3.18. The molecule has 0 spiro atoms. The summed E-state index contributed by atoms with van der Waals surface area (Å²) < 4.78 is 5.29. The third kappa shape index (κ3) is 4.22. The number of nitrogens with one attached hydrogen (secondary N) is 2. The van der Waals surface area contributed by atoms with Crippen LogP contribution < -0.4 is 15.4 Å². The summed E-state index contributed by atoms with van der Waals surface area (Å²) in [5.74, 6) is 1.30. The summed E-state index contributed by atoms with van der Waals surface area (Å²) in [6.07, 6.45) is 1.47. The average molecular weight is 397 g/mol. The van der Waals surface area contributed by atoms with Crippen LogP contribution in [0, 0.1) is 0 Å². The van der Waals surface area contributed by atoms with E-state index in [-0.39, 0.29) is 5.95 Å². The van der Waals surface area contributed by atoms with Crippen LogP contribution in [-0.2, 0) is 0 Å². The van der Waals surface area contributed by atoms with Crippen LogP contribution in [0.1, 0.15) is 0 Å². The van der Waals surface area contributed by atoms with Crippen molar-refractivity contribution in [1.82, 2.24) is 15.2 Å². The molecule has 2 aromatic carbocycles. The van der Waals surface area contributed by atoms with Crippen LogP contribution >= 0.6 is 34.8 Å². The molecule has 1 heterocycles. The molecular weight excluding hydrogens is 385 g/mol. The summed E-state index contributed by atoms with van der Waals surface area (Å²) >= 11 is 18.3. The first-order valence-electron chi connectivity index (χ1n) is 7.08. The van der Waals surface area contributed by atoms with Crippen molar-refractivity contribution in [2.75, 3.05) is 17.7 Å². The number of aromatic nitrogens is 3. The van der Waals surface area contributed by atoms with E-state index in [1.807, 2.05) is 0 Å². The van der Waals surface area contributed by atoms with E-state index in [0.717, 1.165) is 0 Å². The fourth-order valence-corrected chi connectivity index (χ4v) is 2.73. The number of ether oxygens (including phenoxy) is 1. The van der Waals surface area contributed by atoms with Crippen LogP contribution in [0.4, 0.5) is 23.1 Å². The number of benzene rings is 2. The zero-order chi connectivity index (χ0) is 17.8. The number of halogens is 3. The summed E-state index contributed by atoms with van der Waals surface area (Å²) in [7, 11) is 1.57. The molecule has 6 nitrogen and oxygen atoms in total. The van der Waals surface area contributed by atoms with Crippen LogP contribution in [0.15, 0.2) is 42.6 Å². The lowest BCUT2D eigenvalue weighted by Gasteiger charge is -2.12. The van der Waals surface area contributed by atoms with Gasteiger partial charge in [-0.1, -0.05) is 40.9 Å². The zero-order valence-electron chi connectivity index (χ0n) is 12.9. The molecule has 0 aliphatic heterocycles. The molecule has 0 bridgehead atoms. The lowest BCUT2D eigenvalue weighted by atomic mass is 10.3. The lowest BCUT2D eigenvalue weighted by molar-refractivity contribution is 0.417. The molecule has 0 amide bonds. The van der Waals surface area contributed by atoms with E-state index < -0.39 is 0 Å². The Kier molecular flexibility index (Phi) is 5.43. The summed E-state index contributed by atoms with van der Waals surface area (Å²) in [5, 5.41) is 15.4. The Morgan fingerprint density at radius 3 is 2.48 bits per heavy atom. The van der Waals surface area contributed by atoms with Gasteiger partial charge in [0.15, 0.2) is 5.82 Å². The van der Waals surface area contributed by atoms with Gasteiger partial charge in [-0.05, 0) is 30.3 Å². The third-order valence-corrected chi connectivity index (χ3v) is 4.05. The summed E-state index contributed by atoms with van der Waals surface area (Å²) in [6, 6.07) is 10.4. The second-order valence-electron chi connectivity index (χ2n) is 4.86. The molecule has 0 saturated carbocycles. The molecule has 0 radical (unpaired) electrons. The summed E-state index contributed by atoms with van der Waals surface area (Å²) in [4.78, 5) is 4.34. The first-order valence-corrected chi connectivity index (χ1v) is 8.21. The van der Waals surface area contributed by atoms with Crippen LogP contribution in [0.3, 0.4) is 0 Å². The number of hydrogen-bond donors (Lipinski definition) is 2. The number of para-hydroxylation sites is 1. The molecule has 9 heteroatoms. The molecule has 3 rings (SSSR count). The average Bonchev–Trinajstić information content (AvgIpc) is 2.59. The van der Waals surface area contributed by atoms with Crippen molar-refractivity contribution in [3.63, 3.8) is 0 Å². The van der Waals surface area contributed by atoms with Crippen molar-refractivity contribution in [2.24, 2.45) is 0 Å². The summed E-state index contributed by atoms with van der Waals surface area (Å²) in [6.45, 7) is 0. The van der Waals surface area contributed by atoms with Crippen molar-refractivity contribution in [2.45, 2.75) is 0 Å². The van der Waals surface area contributed by atoms with E-state index in [1.165, 1.54) is 6.20 Å². The first-order chi connectivity index (χ1) is 12.1. The largest absolute Gasteiger partial charge is 0.495 e. The standard InChI is InChI=1S/C16H12Cl3N5O/c1-25-13-6-5-9(17)7-12(13)21-14-8-20-24-16(22-14)23-15-10(18)3-2-4-11(15)19/h2-8H,1H3,(H2,21,22,23,24). The highest BCUT2D eigenvalue weighted by Gasteiger charge is 2.10. The first kappa shape index (κ1) is 17.5. The molecule has 0 aliphatic rings. The maximum atomic E-state index is 6.14. The molecule has 2 N–H and O–H groups in total. The van der Waals surface area contributed by atoms with Crippen molar-refractivity contribution in [1.29, 1.82) is 0 Å². The van der Waals surface area contributed by atoms with Gasteiger partial charge >= 0.3 is 0 Å². The molecule has 0 saturated heterocycles. The van der Waals surface area contributed by atoms with Crippen molar-refractivity contribution < 1.29 is 4.74 Å². The second kappa shape index (κ2) is 7.74. The Hall–Kier alpha value is -2.28. The predicted molar refractivity (Wildman–Crippen MR) is 101 cm³/mol. The highest BCUT2D eigenvalue weighted by molar-refractivity contribution is 6.39. The molecule has 0 fully saturated rings. The van der Waals surface area contributed by atoms with Crippen LogP contribution in [0.25, 0.3) is 0 Å². The smallest absolute Gasteiger partial charge is 0.249 e. The van der Waals surface area contributed by atoms with E-state index >= 15 is 0 Å². The SMILES string of the molecule is COc1ccc(Cl)cc1Nc1cnnc(Nc2c(Cl)cccc2Cl)n1. The lowest BCUT2D eigenvalue weighted by Crippen LogP contribution is -2.03. The van der Waals surface area contributed by atoms with Gasteiger partial charge in [0, 0.05) is 5.02 Å².